The number of unbranched alkanes of at least 4 members (excludes halogenated alkanes) is 3. The molecule has 3 N–H and O–H groups in total. The quantitative estimate of drug-likeness (QED) is 0.556. The molecule has 0 aliphatic carbocycles. The third-order valence-corrected chi connectivity index (χ3v) is 2.88. The molecule has 0 aromatic carbocycles. The Morgan fingerprint density at radius 1 is 1.11 bits per heavy atom. The predicted octanol–water partition coefficient (Wildman–Crippen LogP) is 2.51. The second kappa shape index (κ2) is 9.74. The van der Waals surface area contributed by atoms with Crippen molar-refractivity contribution in [2.24, 2.45) is 0 Å². The molecule has 0 saturated heterocycles. The fourth-order valence-corrected chi connectivity index (χ4v) is 1.71. The normalized spacial score (nSPS) is 13.7. The number of carbonyl (C=O) groups excluding carboxylic acids is 1. The van der Waals surface area contributed by atoms with Crippen molar-refractivity contribution in [3.05, 3.63) is 0 Å². The molecule has 2 amide bonds. The molecule has 18 heavy (non-hydrogen) atoms. The lowest BCUT2D eigenvalue weighted by atomic mass is 10.1. The van der Waals surface area contributed by atoms with Crippen LogP contribution in [0.15, 0.2) is 0 Å². The number of nitrogens with one attached hydrogen (secondary N) is 2. The maximum atomic E-state index is 11.5. The Bertz CT molecular complexity index is 257. The second-order valence-electron chi connectivity index (χ2n) is 4.67. The first-order valence-corrected chi connectivity index (χ1v) is 6.81. The minimum atomic E-state index is -0.997. The number of carbonyl (C=O) groups is 2. The number of carboxylic acids is 1. The van der Waals surface area contributed by atoms with Crippen LogP contribution in [0.5, 0.6) is 0 Å². The Kier molecular flexibility index (Phi) is 9.06. The van der Waals surface area contributed by atoms with Gasteiger partial charge in [0, 0.05) is 6.04 Å². The van der Waals surface area contributed by atoms with Gasteiger partial charge in [0.05, 0.1) is 0 Å². The molecule has 0 rings (SSSR count). The van der Waals surface area contributed by atoms with Crippen molar-refractivity contribution in [2.75, 3.05) is 0 Å². The smallest absolute Gasteiger partial charge is 0.326 e. The summed E-state index contributed by atoms with van der Waals surface area (Å²) in [7, 11) is 0. The standard InChI is InChI=1S/C13H26N2O3/c1-4-6-7-8-9-10(3)14-13(18)15-11(5-2)12(16)17/h10-11H,4-9H2,1-3H3,(H,16,17)(H2,14,15,18). The number of carboxylic acid groups (broad SMARTS) is 1. The lowest BCUT2D eigenvalue weighted by molar-refractivity contribution is -0.139. The Labute approximate surface area is 109 Å². The summed E-state index contributed by atoms with van der Waals surface area (Å²) in [6.07, 6.45) is 5.99. The molecule has 0 radical (unpaired) electrons. The van der Waals surface area contributed by atoms with Gasteiger partial charge >= 0.3 is 12.0 Å². The minimum absolute atomic E-state index is 0.0770. The molecule has 5 heteroatoms. The van der Waals surface area contributed by atoms with Crippen LogP contribution in [-0.4, -0.2) is 29.2 Å². The van der Waals surface area contributed by atoms with Crippen LogP contribution in [0.2, 0.25) is 0 Å². The van der Waals surface area contributed by atoms with E-state index in [9.17, 15) is 9.59 Å². The first kappa shape index (κ1) is 16.7. The zero-order valence-electron chi connectivity index (χ0n) is 11.7. The van der Waals surface area contributed by atoms with Crippen LogP contribution < -0.4 is 10.6 Å². The number of rotatable bonds is 9. The van der Waals surface area contributed by atoms with Crippen LogP contribution >= 0.6 is 0 Å². The van der Waals surface area contributed by atoms with Gasteiger partial charge in [-0.25, -0.2) is 9.59 Å². The largest absolute Gasteiger partial charge is 0.480 e. The van der Waals surface area contributed by atoms with Gasteiger partial charge in [-0.1, -0.05) is 39.5 Å². The first-order chi connectivity index (χ1) is 8.51. The maximum Gasteiger partial charge on any atom is 0.326 e. The number of aliphatic carboxylic acids is 1. The summed E-state index contributed by atoms with van der Waals surface area (Å²) in [5, 5.41) is 14.0. The molecule has 0 aromatic heterocycles. The van der Waals surface area contributed by atoms with Gasteiger partial charge in [-0.15, -0.1) is 0 Å². The maximum absolute atomic E-state index is 11.5. The van der Waals surface area contributed by atoms with Gasteiger partial charge in [0.2, 0.25) is 0 Å². The Morgan fingerprint density at radius 2 is 1.78 bits per heavy atom. The van der Waals surface area contributed by atoms with E-state index in [0.717, 1.165) is 12.8 Å². The summed E-state index contributed by atoms with van der Waals surface area (Å²) < 4.78 is 0. The van der Waals surface area contributed by atoms with E-state index in [1.807, 2.05) is 6.92 Å². The number of amides is 2. The molecule has 2 unspecified atom stereocenters. The lowest BCUT2D eigenvalue weighted by Crippen LogP contribution is -2.48. The number of hydrogen-bond acceptors (Lipinski definition) is 2. The molecule has 0 aromatic rings. The van der Waals surface area contributed by atoms with Gasteiger partial charge in [-0.05, 0) is 19.8 Å². The molecular weight excluding hydrogens is 232 g/mol. The summed E-state index contributed by atoms with van der Waals surface area (Å²) in [6.45, 7) is 5.83. The van der Waals surface area contributed by atoms with Crippen LogP contribution in [0.4, 0.5) is 4.79 Å². The van der Waals surface area contributed by atoms with Crippen molar-refractivity contribution < 1.29 is 14.7 Å². The van der Waals surface area contributed by atoms with Gasteiger partial charge in [0.15, 0.2) is 0 Å². The van der Waals surface area contributed by atoms with Crippen LogP contribution in [0.1, 0.15) is 59.3 Å². The van der Waals surface area contributed by atoms with Gasteiger partial charge in [-0.2, -0.15) is 0 Å². The van der Waals surface area contributed by atoms with Crippen LogP contribution in [0.25, 0.3) is 0 Å². The van der Waals surface area contributed by atoms with Gasteiger partial charge in [-0.3, -0.25) is 0 Å². The zero-order valence-corrected chi connectivity index (χ0v) is 11.7. The molecule has 5 nitrogen and oxygen atoms in total. The topological polar surface area (TPSA) is 78.4 Å². The van der Waals surface area contributed by atoms with Crippen molar-refractivity contribution in [2.45, 2.75) is 71.4 Å². The van der Waals surface area contributed by atoms with Gasteiger partial charge in [0.1, 0.15) is 6.04 Å². The highest BCUT2D eigenvalue weighted by Crippen LogP contribution is 2.05. The van der Waals surface area contributed by atoms with Crippen molar-refractivity contribution in [1.29, 1.82) is 0 Å². The molecule has 106 valence electrons. The van der Waals surface area contributed by atoms with Crippen LogP contribution in [0, 0.1) is 0 Å². The highest BCUT2D eigenvalue weighted by atomic mass is 16.4. The van der Waals surface area contributed by atoms with Crippen molar-refractivity contribution >= 4 is 12.0 Å². The number of urea groups is 1. The van der Waals surface area contributed by atoms with E-state index in [2.05, 4.69) is 17.6 Å². The summed E-state index contributed by atoms with van der Waals surface area (Å²) in [6, 6.07) is -1.13. The average Bonchev–Trinajstić information content (AvgIpc) is 2.31. The summed E-state index contributed by atoms with van der Waals surface area (Å²) in [5.41, 5.74) is 0. The van der Waals surface area contributed by atoms with E-state index in [1.54, 1.807) is 6.92 Å². The fraction of sp³-hybridized carbons (Fsp3) is 0.846. The summed E-state index contributed by atoms with van der Waals surface area (Å²) >= 11 is 0. The SMILES string of the molecule is CCCCCCC(C)NC(=O)NC(CC)C(=O)O. The molecule has 0 bridgehead atoms. The molecule has 0 heterocycles. The Balaban J connectivity index is 3.82. The highest BCUT2D eigenvalue weighted by molar-refractivity contribution is 5.82. The second-order valence-corrected chi connectivity index (χ2v) is 4.67. The van der Waals surface area contributed by atoms with Crippen LogP contribution in [0.3, 0.4) is 0 Å². The molecule has 0 saturated carbocycles. The lowest BCUT2D eigenvalue weighted by Gasteiger charge is -2.17. The Morgan fingerprint density at radius 3 is 2.28 bits per heavy atom. The Hall–Kier alpha value is -1.26. The molecular formula is C13H26N2O3. The molecule has 2 atom stereocenters. The van der Waals surface area contributed by atoms with Crippen molar-refractivity contribution in [1.82, 2.24) is 10.6 Å². The summed E-state index contributed by atoms with van der Waals surface area (Å²) in [5.74, 6) is -0.997. The highest BCUT2D eigenvalue weighted by Gasteiger charge is 2.18. The summed E-state index contributed by atoms with van der Waals surface area (Å²) in [4.78, 5) is 22.3. The molecule has 0 fully saturated rings. The van der Waals surface area contributed by atoms with Gasteiger partial charge in [0.25, 0.3) is 0 Å². The molecule has 0 aliphatic heterocycles. The minimum Gasteiger partial charge on any atom is -0.480 e. The van der Waals surface area contributed by atoms with Crippen molar-refractivity contribution in [3.8, 4) is 0 Å². The van der Waals surface area contributed by atoms with E-state index >= 15 is 0 Å². The number of hydrogen-bond donors (Lipinski definition) is 3. The third-order valence-electron chi connectivity index (χ3n) is 2.88. The van der Waals surface area contributed by atoms with E-state index in [-0.39, 0.29) is 6.04 Å². The monoisotopic (exact) mass is 258 g/mol. The van der Waals surface area contributed by atoms with Crippen LogP contribution in [-0.2, 0) is 4.79 Å². The van der Waals surface area contributed by atoms with E-state index in [4.69, 9.17) is 5.11 Å². The average molecular weight is 258 g/mol. The molecule has 0 aliphatic rings. The molecule has 0 spiro atoms. The van der Waals surface area contributed by atoms with E-state index in [0.29, 0.717) is 6.42 Å². The van der Waals surface area contributed by atoms with Gasteiger partial charge < -0.3 is 15.7 Å². The zero-order chi connectivity index (χ0) is 14.0. The van der Waals surface area contributed by atoms with E-state index < -0.39 is 18.0 Å². The first-order valence-electron chi connectivity index (χ1n) is 6.81. The van der Waals surface area contributed by atoms with Crippen molar-refractivity contribution in [3.63, 3.8) is 0 Å². The predicted molar refractivity (Wildman–Crippen MR) is 71.6 cm³/mol. The fourth-order valence-electron chi connectivity index (χ4n) is 1.71. The third kappa shape index (κ3) is 7.92. The van der Waals surface area contributed by atoms with E-state index in [1.165, 1.54) is 19.3 Å².